The van der Waals surface area contributed by atoms with E-state index < -0.39 is 17.7 Å². The summed E-state index contributed by atoms with van der Waals surface area (Å²) < 4.78 is 11.1. The standard InChI is InChI=1S/C27H32N2O5/c1-5-17-34-22-10-7-9-20(18-22)24-23(25(30)19-11-13-21(14-12-19)33-6-2)26(31)27(32)29(24)16-8-15-28(3)4/h5,7,9-14,18,24,30H,1,6,8,15-17H2,2-4H3/b25-23+/t24-/m1/s1. The van der Waals surface area contributed by atoms with Crippen molar-refractivity contribution in [3.8, 4) is 11.5 Å². The van der Waals surface area contributed by atoms with Crippen molar-refractivity contribution in [2.24, 2.45) is 0 Å². The Morgan fingerprint density at radius 1 is 1.12 bits per heavy atom. The Balaban J connectivity index is 2.06. The first-order valence-corrected chi connectivity index (χ1v) is 11.4. The van der Waals surface area contributed by atoms with Gasteiger partial charge in [-0.25, -0.2) is 0 Å². The maximum absolute atomic E-state index is 13.1. The molecule has 1 atom stereocenters. The fourth-order valence-electron chi connectivity index (χ4n) is 3.98. The summed E-state index contributed by atoms with van der Waals surface area (Å²) in [7, 11) is 3.91. The lowest BCUT2D eigenvalue weighted by Gasteiger charge is -2.26. The normalized spacial score (nSPS) is 17.3. The van der Waals surface area contributed by atoms with Gasteiger partial charge in [-0.2, -0.15) is 0 Å². The Kier molecular flexibility index (Phi) is 8.49. The van der Waals surface area contributed by atoms with Crippen LogP contribution in [0.3, 0.4) is 0 Å². The van der Waals surface area contributed by atoms with E-state index in [2.05, 4.69) is 6.58 Å². The molecular formula is C27H32N2O5. The number of benzene rings is 2. The van der Waals surface area contributed by atoms with E-state index in [-0.39, 0.29) is 11.3 Å². The Labute approximate surface area is 200 Å². The number of aliphatic hydroxyl groups excluding tert-OH is 1. The molecule has 0 aliphatic carbocycles. The molecule has 1 N–H and O–H groups in total. The molecule has 1 heterocycles. The van der Waals surface area contributed by atoms with Crippen LogP contribution in [0.25, 0.3) is 5.76 Å². The average Bonchev–Trinajstić information content (AvgIpc) is 3.08. The topological polar surface area (TPSA) is 79.3 Å². The van der Waals surface area contributed by atoms with Crippen molar-refractivity contribution in [2.75, 3.05) is 40.4 Å². The third kappa shape index (κ3) is 5.66. The Bertz CT molecular complexity index is 1060. The molecule has 0 bridgehead atoms. The van der Waals surface area contributed by atoms with Crippen molar-refractivity contribution in [1.82, 2.24) is 9.80 Å². The molecule has 1 aliphatic heterocycles. The van der Waals surface area contributed by atoms with E-state index in [1.165, 1.54) is 0 Å². The average molecular weight is 465 g/mol. The van der Waals surface area contributed by atoms with Crippen LogP contribution in [0.4, 0.5) is 0 Å². The van der Waals surface area contributed by atoms with Crippen LogP contribution >= 0.6 is 0 Å². The van der Waals surface area contributed by atoms with E-state index in [4.69, 9.17) is 9.47 Å². The van der Waals surface area contributed by atoms with Crippen LogP contribution in [-0.2, 0) is 9.59 Å². The summed E-state index contributed by atoms with van der Waals surface area (Å²) >= 11 is 0. The number of carbonyl (C=O) groups excluding carboxylic acids is 2. The van der Waals surface area contributed by atoms with Gasteiger partial charge in [0.15, 0.2) is 0 Å². The number of hydrogen-bond donors (Lipinski definition) is 1. The van der Waals surface area contributed by atoms with E-state index in [1.807, 2.05) is 38.1 Å². The minimum Gasteiger partial charge on any atom is -0.507 e. The number of likely N-dealkylation sites (tertiary alicyclic amines) is 1. The lowest BCUT2D eigenvalue weighted by atomic mass is 9.95. The Morgan fingerprint density at radius 2 is 1.85 bits per heavy atom. The number of Topliss-reactive ketones (excluding diaryl/α,β-unsaturated/α-hetero) is 1. The smallest absolute Gasteiger partial charge is 0.295 e. The van der Waals surface area contributed by atoms with Crippen LogP contribution < -0.4 is 9.47 Å². The molecule has 0 aromatic heterocycles. The summed E-state index contributed by atoms with van der Waals surface area (Å²) in [5, 5.41) is 11.2. The van der Waals surface area contributed by atoms with Crippen molar-refractivity contribution < 1.29 is 24.2 Å². The molecule has 2 aromatic rings. The summed E-state index contributed by atoms with van der Waals surface area (Å²) in [6.07, 6.45) is 2.33. The fraction of sp³-hybridized carbons (Fsp3) is 0.333. The zero-order valence-electron chi connectivity index (χ0n) is 20.0. The first-order valence-electron chi connectivity index (χ1n) is 11.4. The predicted octanol–water partition coefficient (Wildman–Crippen LogP) is 4.02. The van der Waals surface area contributed by atoms with Crippen molar-refractivity contribution >= 4 is 17.4 Å². The highest BCUT2D eigenvalue weighted by Gasteiger charge is 2.45. The Hall–Kier alpha value is -3.58. The summed E-state index contributed by atoms with van der Waals surface area (Å²) in [6, 6.07) is 13.3. The maximum atomic E-state index is 13.1. The van der Waals surface area contributed by atoms with E-state index in [9.17, 15) is 14.7 Å². The lowest BCUT2D eigenvalue weighted by Crippen LogP contribution is -2.32. The highest BCUT2D eigenvalue weighted by Crippen LogP contribution is 2.40. The predicted molar refractivity (Wildman–Crippen MR) is 132 cm³/mol. The maximum Gasteiger partial charge on any atom is 0.295 e. The molecular weight excluding hydrogens is 432 g/mol. The molecule has 1 aliphatic rings. The van der Waals surface area contributed by atoms with Crippen molar-refractivity contribution in [3.05, 3.63) is 77.9 Å². The number of nitrogens with zero attached hydrogens (tertiary/aromatic N) is 2. The SMILES string of the molecule is C=CCOc1cccc([C@@H]2/C(=C(\O)c3ccc(OCC)cc3)C(=O)C(=O)N2CCCN(C)C)c1. The van der Waals surface area contributed by atoms with Gasteiger partial charge in [-0.1, -0.05) is 24.8 Å². The number of hydrogen-bond acceptors (Lipinski definition) is 6. The molecule has 3 rings (SSSR count). The molecule has 0 radical (unpaired) electrons. The number of aliphatic hydroxyl groups is 1. The van der Waals surface area contributed by atoms with Gasteiger partial charge in [-0.3, -0.25) is 9.59 Å². The lowest BCUT2D eigenvalue weighted by molar-refractivity contribution is -0.139. The van der Waals surface area contributed by atoms with Crippen LogP contribution in [0, 0.1) is 0 Å². The van der Waals surface area contributed by atoms with Gasteiger partial charge < -0.3 is 24.4 Å². The molecule has 1 saturated heterocycles. The monoisotopic (exact) mass is 464 g/mol. The summed E-state index contributed by atoms with van der Waals surface area (Å²) in [5.74, 6) is -0.268. The Morgan fingerprint density at radius 3 is 2.50 bits per heavy atom. The van der Waals surface area contributed by atoms with E-state index >= 15 is 0 Å². The van der Waals surface area contributed by atoms with Gasteiger partial charge in [-0.15, -0.1) is 0 Å². The number of amides is 1. The number of carbonyl (C=O) groups is 2. The number of ketones is 1. The van der Waals surface area contributed by atoms with E-state index in [0.29, 0.717) is 48.8 Å². The van der Waals surface area contributed by atoms with E-state index in [0.717, 1.165) is 6.54 Å². The number of rotatable bonds is 11. The molecule has 0 spiro atoms. The van der Waals surface area contributed by atoms with Crippen LogP contribution in [-0.4, -0.2) is 67.0 Å². The van der Waals surface area contributed by atoms with Crippen molar-refractivity contribution in [1.29, 1.82) is 0 Å². The quantitative estimate of drug-likeness (QED) is 0.234. The highest BCUT2D eigenvalue weighted by molar-refractivity contribution is 6.46. The summed E-state index contributed by atoms with van der Waals surface area (Å²) in [6.45, 7) is 7.55. The molecule has 1 amide bonds. The molecule has 0 unspecified atom stereocenters. The largest absolute Gasteiger partial charge is 0.507 e. The van der Waals surface area contributed by atoms with Crippen molar-refractivity contribution in [3.63, 3.8) is 0 Å². The molecule has 34 heavy (non-hydrogen) atoms. The van der Waals surface area contributed by atoms with Gasteiger partial charge in [0.2, 0.25) is 0 Å². The zero-order chi connectivity index (χ0) is 24.7. The summed E-state index contributed by atoms with van der Waals surface area (Å²) in [4.78, 5) is 29.8. The highest BCUT2D eigenvalue weighted by atomic mass is 16.5. The zero-order valence-corrected chi connectivity index (χ0v) is 20.0. The molecule has 2 aromatic carbocycles. The van der Waals surface area contributed by atoms with Gasteiger partial charge in [0, 0.05) is 12.1 Å². The third-order valence-corrected chi connectivity index (χ3v) is 5.52. The second-order valence-corrected chi connectivity index (χ2v) is 8.28. The minimum absolute atomic E-state index is 0.0693. The van der Waals surface area contributed by atoms with Gasteiger partial charge in [0.05, 0.1) is 18.2 Å². The minimum atomic E-state index is -0.721. The number of ether oxygens (including phenoxy) is 2. The molecule has 1 fully saturated rings. The van der Waals surface area contributed by atoms with Crippen molar-refractivity contribution in [2.45, 2.75) is 19.4 Å². The van der Waals surface area contributed by atoms with Gasteiger partial charge in [0.1, 0.15) is 23.9 Å². The van der Waals surface area contributed by atoms with Crippen LogP contribution in [0.15, 0.2) is 66.8 Å². The van der Waals surface area contributed by atoms with Crippen LogP contribution in [0.5, 0.6) is 11.5 Å². The second kappa shape index (κ2) is 11.5. The molecule has 7 heteroatoms. The molecule has 180 valence electrons. The van der Waals surface area contributed by atoms with Crippen LogP contribution in [0.2, 0.25) is 0 Å². The van der Waals surface area contributed by atoms with Gasteiger partial charge >= 0.3 is 0 Å². The second-order valence-electron chi connectivity index (χ2n) is 8.28. The van der Waals surface area contributed by atoms with Gasteiger partial charge in [-0.05, 0) is 75.9 Å². The molecule has 7 nitrogen and oxygen atoms in total. The molecule has 0 saturated carbocycles. The third-order valence-electron chi connectivity index (χ3n) is 5.52. The first kappa shape index (κ1) is 25.1. The first-order chi connectivity index (χ1) is 16.4. The summed E-state index contributed by atoms with van der Waals surface area (Å²) in [5.41, 5.74) is 1.21. The van der Waals surface area contributed by atoms with Gasteiger partial charge in [0.25, 0.3) is 11.7 Å². The fourth-order valence-corrected chi connectivity index (χ4v) is 3.98. The van der Waals surface area contributed by atoms with E-state index in [1.54, 1.807) is 47.4 Å². The van der Waals surface area contributed by atoms with Crippen LogP contribution in [0.1, 0.15) is 30.5 Å².